The van der Waals surface area contributed by atoms with Crippen LogP contribution < -0.4 is 14.9 Å². The van der Waals surface area contributed by atoms with Gasteiger partial charge in [0.15, 0.2) is 11.0 Å². The number of hydrogen-bond acceptors (Lipinski definition) is 5. The summed E-state index contributed by atoms with van der Waals surface area (Å²) in [7, 11) is 1.96. The highest BCUT2D eigenvalue weighted by Gasteiger charge is 2.16. The van der Waals surface area contributed by atoms with Crippen LogP contribution in [0.1, 0.15) is 19.4 Å². The van der Waals surface area contributed by atoms with Gasteiger partial charge in [0.05, 0.1) is 19.0 Å². The SMILES string of the molecule is CCN(CC)c1ccc(C=NNC(=O)CSc2[nH]c3ccccc3[n+]2C)c(O)c1. The van der Waals surface area contributed by atoms with Gasteiger partial charge in [0.1, 0.15) is 5.75 Å². The molecule has 0 aliphatic carbocycles. The van der Waals surface area contributed by atoms with Crippen molar-refractivity contribution in [1.82, 2.24) is 10.4 Å². The van der Waals surface area contributed by atoms with Crippen molar-refractivity contribution < 1.29 is 14.5 Å². The summed E-state index contributed by atoms with van der Waals surface area (Å²) in [5.74, 6) is 0.140. The van der Waals surface area contributed by atoms with Crippen molar-refractivity contribution in [2.75, 3.05) is 23.7 Å². The van der Waals surface area contributed by atoms with Crippen LogP contribution in [0.15, 0.2) is 52.7 Å². The Morgan fingerprint density at radius 1 is 1.28 bits per heavy atom. The van der Waals surface area contributed by atoms with E-state index in [1.165, 1.54) is 18.0 Å². The van der Waals surface area contributed by atoms with E-state index in [-0.39, 0.29) is 17.4 Å². The van der Waals surface area contributed by atoms with Gasteiger partial charge in [-0.3, -0.25) is 4.79 Å². The number of rotatable bonds is 8. The van der Waals surface area contributed by atoms with Gasteiger partial charge in [-0.15, -0.1) is 0 Å². The molecule has 0 bridgehead atoms. The minimum absolute atomic E-state index is 0.131. The smallest absolute Gasteiger partial charge is 0.317 e. The molecular weight excluding hydrogens is 386 g/mol. The molecule has 0 spiro atoms. The van der Waals surface area contributed by atoms with Crippen molar-refractivity contribution in [2.24, 2.45) is 12.1 Å². The van der Waals surface area contributed by atoms with Gasteiger partial charge in [-0.05, 0) is 49.9 Å². The van der Waals surface area contributed by atoms with Crippen LogP contribution in [0.5, 0.6) is 5.75 Å². The average molecular weight is 413 g/mol. The maximum Gasteiger partial charge on any atom is 0.317 e. The van der Waals surface area contributed by atoms with Crippen molar-refractivity contribution in [3.8, 4) is 5.75 Å². The summed E-state index contributed by atoms with van der Waals surface area (Å²) in [6.45, 7) is 5.87. The summed E-state index contributed by atoms with van der Waals surface area (Å²) >= 11 is 1.41. The molecule has 0 fully saturated rings. The fourth-order valence-corrected chi connectivity index (χ4v) is 3.89. The van der Waals surface area contributed by atoms with Gasteiger partial charge in [0.2, 0.25) is 0 Å². The van der Waals surface area contributed by atoms with E-state index in [1.54, 1.807) is 12.1 Å². The van der Waals surface area contributed by atoms with E-state index in [9.17, 15) is 9.90 Å². The van der Waals surface area contributed by atoms with Gasteiger partial charge in [0.25, 0.3) is 5.91 Å². The standard InChI is InChI=1S/C21H25N5O2S/c1-4-26(5-2)16-11-10-15(19(27)12-16)13-22-24-20(28)14-29-21-23-17-8-6-7-9-18(17)25(21)3/h6-13H,4-5,14H2,1-3H3,(H2,22,24,27,28)/p+1. The molecule has 2 aromatic carbocycles. The van der Waals surface area contributed by atoms with Crippen molar-refractivity contribution >= 4 is 40.6 Å². The van der Waals surface area contributed by atoms with Gasteiger partial charge in [-0.2, -0.15) is 5.10 Å². The van der Waals surface area contributed by atoms with Crippen LogP contribution in [0.4, 0.5) is 5.69 Å². The molecule has 7 nitrogen and oxygen atoms in total. The van der Waals surface area contributed by atoms with Crippen LogP contribution in [-0.2, 0) is 11.8 Å². The summed E-state index contributed by atoms with van der Waals surface area (Å²) in [5.41, 5.74) is 6.12. The Balaban J connectivity index is 1.56. The summed E-state index contributed by atoms with van der Waals surface area (Å²) < 4.78 is 2.02. The lowest BCUT2D eigenvalue weighted by molar-refractivity contribution is -0.683. The lowest BCUT2D eigenvalue weighted by Crippen LogP contribution is -2.30. The minimum Gasteiger partial charge on any atom is -0.507 e. The summed E-state index contributed by atoms with van der Waals surface area (Å²) in [6.07, 6.45) is 1.45. The molecule has 3 aromatic rings. The number of amides is 1. The Hall–Kier alpha value is -3.00. The molecule has 0 radical (unpaired) electrons. The lowest BCUT2D eigenvalue weighted by Gasteiger charge is -2.21. The predicted molar refractivity (Wildman–Crippen MR) is 118 cm³/mol. The first-order valence-corrected chi connectivity index (χ1v) is 10.5. The number of hydrazone groups is 1. The zero-order valence-corrected chi connectivity index (χ0v) is 17.7. The number of aromatic hydroxyl groups is 1. The van der Waals surface area contributed by atoms with Gasteiger partial charge < -0.3 is 10.0 Å². The zero-order chi connectivity index (χ0) is 20.8. The topological polar surface area (TPSA) is 84.6 Å². The largest absolute Gasteiger partial charge is 0.507 e. The zero-order valence-electron chi connectivity index (χ0n) is 16.8. The maximum absolute atomic E-state index is 12.1. The first-order chi connectivity index (χ1) is 14.0. The summed E-state index contributed by atoms with van der Waals surface area (Å²) in [6, 6.07) is 13.4. The Bertz CT molecular complexity index is 1030. The lowest BCUT2D eigenvalue weighted by atomic mass is 10.2. The van der Waals surface area contributed by atoms with E-state index in [1.807, 2.05) is 41.9 Å². The van der Waals surface area contributed by atoms with Crippen molar-refractivity contribution in [2.45, 2.75) is 19.0 Å². The molecule has 152 valence electrons. The van der Waals surface area contributed by atoms with Crippen LogP contribution in [-0.4, -0.2) is 41.1 Å². The quantitative estimate of drug-likeness (QED) is 0.230. The number of carbonyl (C=O) groups is 1. The number of imidazole rings is 1. The Morgan fingerprint density at radius 3 is 2.72 bits per heavy atom. The number of aromatic nitrogens is 2. The third-order valence-electron chi connectivity index (χ3n) is 4.69. The number of hydrogen-bond donors (Lipinski definition) is 3. The molecule has 0 saturated carbocycles. The summed E-state index contributed by atoms with van der Waals surface area (Å²) in [5, 5.41) is 15.1. The van der Waals surface area contributed by atoms with Gasteiger partial charge in [0, 0.05) is 30.4 Å². The van der Waals surface area contributed by atoms with Gasteiger partial charge in [-0.25, -0.2) is 15.0 Å². The molecule has 0 unspecified atom stereocenters. The first kappa shape index (κ1) is 20.7. The number of carbonyl (C=O) groups excluding carboxylic acids is 1. The van der Waals surface area contributed by atoms with Crippen LogP contribution >= 0.6 is 11.8 Å². The van der Waals surface area contributed by atoms with E-state index in [0.717, 1.165) is 35.0 Å². The molecule has 0 aliphatic rings. The highest BCUT2D eigenvalue weighted by molar-refractivity contribution is 7.99. The molecule has 8 heteroatoms. The number of anilines is 1. The van der Waals surface area contributed by atoms with E-state index < -0.39 is 0 Å². The van der Waals surface area contributed by atoms with Crippen LogP contribution in [0, 0.1) is 0 Å². The first-order valence-electron chi connectivity index (χ1n) is 9.52. The second kappa shape index (κ2) is 9.47. The minimum atomic E-state index is -0.218. The van der Waals surface area contributed by atoms with Crippen molar-refractivity contribution in [1.29, 1.82) is 0 Å². The molecule has 0 aliphatic heterocycles. The molecule has 29 heavy (non-hydrogen) atoms. The predicted octanol–water partition coefficient (Wildman–Crippen LogP) is 2.79. The number of nitrogens with one attached hydrogen (secondary N) is 2. The fraction of sp³-hybridized carbons (Fsp3) is 0.286. The normalized spacial score (nSPS) is 11.3. The number of phenolic OH excluding ortho intramolecular Hbond substituents is 1. The molecule has 1 heterocycles. The molecular formula is C21H26N5O2S+. The van der Waals surface area contributed by atoms with E-state index in [4.69, 9.17) is 0 Å². The molecule has 3 rings (SSSR count). The second-order valence-electron chi connectivity index (χ2n) is 6.50. The fourth-order valence-electron chi connectivity index (χ4n) is 3.08. The number of fused-ring (bicyclic) bond motifs is 1. The number of para-hydroxylation sites is 2. The molecule has 0 saturated heterocycles. The molecule has 1 amide bonds. The third kappa shape index (κ3) is 4.89. The second-order valence-corrected chi connectivity index (χ2v) is 7.47. The molecule has 1 aromatic heterocycles. The number of aryl methyl sites for hydroxylation is 1. The highest BCUT2D eigenvalue weighted by atomic mass is 32.2. The number of aromatic amines is 1. The number of nitrogens with zero attached hydrogens (tertiary/aromatic N) is 3. The third-order valence-corrected chi connectivity index (χ3v) is 5.74. The van der Waals surface area contributed by atoms with E-state index in [0.29, 0.717) is 5.56 Å². The summed E-state index contributed by atoms with van der Waals surface area (Å²) in [4.78, 5) is 17.5. The van der Waals surface area contributed by atoms with Gasteiger partial charge in [-0.1, -0.05) is 12.1 Å². The molecule has 3 N–H and O–H groups in total. The Kier molecular flexibility index (Phi) is 6.77. The van der Waals surface area contributed by atoms with Crippen molar-refractivity contribution in [3.63, 3.8) is 0 Å². The van der Waals surface area contributed by atoms with Crippen molar-refractivity contribution in [3.05, 3.63) is 48.0 Å². The number of benzene rings is 2. The van der Waals surface area contributed by atoms with E-state index >= 15 is 0 Å². The monoisotopic (exact) mass is 412 g/mol. The number of thioether (sulfide) groups is 1. The Morgan fingerprint density at radius 2 is 2.03 bits per heavy atom. The van der Waals surface area contributed by atoms with E-state index in [2.05, 4.69) is 34.3 Å². The van der Waals surface area contributed by atoms with Crippen LogP contribution in [0.3, 0.4) is 0 Å². The maximum atomic E-state index is 12.1. The average Bonchev–Trinajstić information content (AvgIpc) is 3.05. The van der Waals surface area contributed by atoms with Crippen LogP contribution in [0.2, 0.25) is 0 Å². The van der Waals surface area contributed by atoms with Gasteiger partial charge >= 0.3 is 5.16 Å². The molecule has 0 atom stereocenters. The Labute approximate surface area is 174 Å². The number of phenols is 1. The van der Waals surface area contributed by atoms with Crippen LogP contribution in [0.25, 0.3) is 11.0 Å². The number of H-pyrrole nitrogens is 1. The highest BCUT2D eigenvalue weighted by Crippen LogP contribution is 2.23.